The Morgan fingerprint density at radius 1 is 1.00 bits per heavy atom. The van der Waals surface area contributed by atoms with Gasteiger partial charge in [-0.05, 0) is 36.6 Å². The normalized spacial score (nSPS) is 17.1. The Hall–Kier alpha value is -3.02. The smallest absolute Gasteiger partial charge is 0.256 e. The quantitative estimate of drug-likeness (QED) is 0.753. The molecule has 0 bridgehead atoms. The van der Waals surface area contributed by atoms with Crippen molar-refractivity contribution >= 4 is 23.2 Å². The number of nitrogens with zero attached hydrogens (tertiary/aromatic N) is 3. The average Bonchev–Trinajstić information content (AvgIpc) is 3.34. The number of hydrogen-bond acceptors (Lipinski definition) is 4. The van der Waals surface area contributed by atoms with Gasteiger partial charge in [0, 0.05) is 57.1 Å². The van der Waals surface area contributed by atoms with Crippen LogP contribution < -0.4 is 10.6 Å². The third-order valence-electron chi connectivity index (χ3n) is 6.50. The van der Waals surface area contributed by atoms with E-state index in [4.69, 9.17) is 5.73 Å². The van der Waals surface area contributed by atoms with Gasteiger partial charge in [0.1, 0.15) is 0 Å². The third-order valence-corrected chi connectivity index (χ3v) is 6.50. The number of amides is 2. The highest BCUT2D eigenvalue weighted by molar-refractivity contribution is 6.00. The van der Waals surface area contributed by atoms with Crippen LogP contribution in [0.5, 0.6) is 0 Å². The summed E-state index contributed by atoms with van der Waals surface area (Å²) in [6, 6.07) is 15.5. The van der Waals surface area contributed by atoms with Gasteiger partial charge in [0.25, 0.3) is 5.91 Å². The van der Waals surface area contributed by atoms with Crippen molar-refractivity contribution in [2.24, 2.45) is 5.92 Å². The minimum absolute atomic E-state index is 0.0457. The van der Waals surface area contributed by atoms with Gasteiger partial charge in [0.05, 0.1) is 5.56 Å². The molecule has 1 saturated carbocycles. The lowest BCUT2D eigenvalue weighted by Crippen LogP contribution is -2.50. The summed E-state index contributed by atoms with van der Waals surface area (Å²) in [5.74, 6) is 0.482. The molecule has 164 valence electrons. The van der Waals surface area contributed by atoms with E-state index in [1.807, 2.05) is 54.4 Å². The Bertz CT molecular complexity index is 916. The van der Waals surface area contributed by atoms with Crippen molar-refractivity contribution in [2.45, 2.75) is 32.2 Å². The molecule has 2 fully saturated rings. The number of piperazine rings is 1. The van der Waals surface area contributed by atoms with Crippen LogP contribution in [0, 0.1) is 5.92 Å². The summed E-state index contributed by atoms with van der Waals surface area (Å²) < 4.78 is 0. The van der Waals surface area contributed by atoms with Crippen molar-refractivity contribution in [3.05, 3.63) is 59.7 Å². The maximum absolute atomic E-state index is 13.3. The molecule has 31 heavy (non-hydrogen) atoms. The number of hydrogen-bond donors (Lipinski definition) is 1. The van der Waals surface area contributed by atoms with Gasteiger partial charge in [-0.2, -0.15) is 0 Å². The maximum Gasteiger partial charge on any atom is 0.256 e. The van der Waals surface area contributed by atoms with Gasteiger partial charge in [0.2, 0.25) is 5.91 Å². The minimum atomic E-state index is -0.0457. The number of anilines is 2. The Labute approximate surface area is 184 Å². The van der Waals surface area contributed by atoms with Crippen LogP contribution in [0.25, 0.3) is 0 Å². The second kappa shape index (κ2) is 9.41. The predicted molar refractivity (Wildman–Crippen MR) is 124 cm³/mol. The molecule has 1 aliphatic carbocycles. The lowest BCUT2D eigenvalue weighted by molar-refractivity contribution is -0.135. The van der Waals surface area contributed by atoms with E-state index in [-0.39, 0.29) is 11.8 Å². The molecule has 2 aromatic rings. The number of nitrogen functional groups attached to an aromatic ring is 1. The molecule has 2 aromatic carbocycles. The zero-order valence-corrected chi connectivity index (χ0v) is 18.3. The van der Waals surface area contributed by atoms with E-state index in [0.29, 0.717) is 36.8 Å². The van der Waals surface area contributed by atoms with Gasteiger partial charge in [-0.3, -0.25) is 9.59 Å². The topological polar surface area (TPSA) is 69.9 Å². The first kappa shape index (κ1) is 21.2. The summed E-state index contributed by atoms with van der Waals surface area (Å²) in [6.07, 6.45) is 4.40. The monoisotopic (exact) mass is 420 g/mol. The van der Waals surface area contributed by atoms with E-state index >= 15 is 0 Å². The molecule has 0 atom stereocenters. The fraction of sp³-hybridized carbons (Fsp3) is 0.440. The lowest BCUT2D eigenvalue weighted by atomic mass is 10.1. The molecule has 4 rings (SSSR count). The zero-order chi connectivity index (χ0) is 21.8. The van der Waals surface area contributed by atoms with Crippen molar-refractivity contribution < 1.29 is 9.59 Å². The number of carbonyl (C=O) groups is 2. The third kappa shape index (κ3) is 4.84. The predicted octanol–water partition coefficient (Wildman–Crippen LogP) is 3.38. The van der Waals surface area contributed by atoms with Crippen molar-refractivity contribution in [2.75, 3.05) is 43.9 Å². The molecule has 0 spiro atoms. The fourth-order valence-electron chi connectivity index (χ4n) is 4.73. The van der Waals surface area contributed by atoms with E-state index in [0.717, 1.165) is 37.2 Å². The first-order valence-corrected chi connectivity index (χ1v) is 11.3. The molecule has 2 N–H and O–H groups in total. The van der Waals surface area contributed by atoms with Crippen LogP contribution in [-0.2, 0) is 11.3 Å². The van der Waals surface area contributed by atoms with Gasteiger partial charge < -0.3 is 20.4 Å². The number of nitrogens with two attached hydrogens (primary N) is 1. The Kier molecular flexibility index (Phi) is 6.44. The summed E-state index contributed by atoms with van der Waals surface area (Å²) in [5, 5.41) is 0. The van der Waals surface area contributed by atoms with Crippen LogP contribution in [-0.4, -0.2) is 54.8 Å². The molecule has 0 aromatic heterocycles. The van der Waals surface area contributed by atoms with Gasteiger partial charge in [-0.25, -0.2) is 0 Å². The molecule has 0 unspecified atom stereocenters. The first-order valence-electron chi connectivity index (χ1n) is 11.3. The molecule has 1 aliphatic heterocycles. The second-order valence-electron chi connectivity index (χ2n) is 8.72. The van der Waals surface area contributed by atoms with Gasteiger partial charge in [-0.15, -0.1) is 0 Å². The Morgan fingerprint density at radius 3 is 2.35 bits per heavy atom. The minimum Gasteiger partial charge on any atom is -0.399 e. The van der Waals surface area contributed by atoms with Gasteiger partial charge in [0.15, 0.2) is 0 Å². The van der Waals surface area contributed by atoms with Crippen molar-refractivity contribution in [1.29, 1.82) is 0 Å². The van der Waals surface area contributed by atoms with E-state index in [1.54, 1.807) is 11.0 Å². The van der Waals surface area contributed by atoms with E-state index < -0.39 is 0 Å². The largest absolute Gasteiger partial charge is 0.399 e. The van der Waals surface area contributed by atoms with Crippen LogP contribution in [0.1, 0.15) is 41.6 Å². The SMILES string of the molecule is CN(Cc1ccccc1)C(=O)c1cc(N)ccc1N1CCN(C(=O)C2CCCC2)CC1. The number of carbonyl (C=O) groups excluding carboxylic acids is 2. The zero-order valence-electron chi connectivity index (χ0n) is 18.3. The molecular formula is C25H32N4O2. The average molecular weight is 421 g/mol. The highest BCUT2D eigenvalue weighted by Crippen LogP contribution is 2.29. The summed E-state index contributed by atoms with van der Waals surface area (Å²) in [6.45, 7) is 3.40. The number of rotatable bonds is 5. The summed E-state index contributed by atoms with van der Waals surface area (Å²) in [5.41, 5.74) is 9.22. The van der Waals surface area contributed by atoms with Gasteiger partial charge in [-0.1, -0.05) is 43.2 Å². The summed E-state index contributed by atoms with van der Waals surface area (Å²) in [4.78, 5) is 32.0. The fourth-order valence-corrected chi connectivity index (χ4v) is 4.73. The highest BCUT2D eigenvalue weighted by Gasteiger charge is 2.30. The molecule has 1 saturated heterocycles. The van der Waals surface area contributed by atoms with Crippen molar-refractivity contribution in [1.82, 2.24) is 9.80 Å². The Morgan fingerprint density at radius 2 is 1.68 bits per heavy atom. The molecule has 2 aliphatic rings. The highest BCUT2D eigenvalue weighted by atomic mass is 16.2. The first-order chi connectivity index (χ1) is 15.0. The van der Waals surface area contributed by atoms with Crippen LogP contribution in [0.2, 0.25) is 0 Å². The van der Waals surface area contributed by atoms with Crippen LogP contribution >= 0.6 is 0 Å². The van der Waals surface area contributed by atoms with Crippen molar-refractivity contribution in [3.8, 4) is 0 Å². The van der Waals surface area contributed by atoms with E-state index in [1.165, 1.54) is 12.8 Å². The van der Waals surface area contributed by atoms with Crippen molar-refractivity contribution in [3.63, 3.8) is 0 Å². The lowest BCUT2D eigenvalue weighted by Gasteiger charge is -2.38. The summed E-state index contributed by atoms with van der Waals surface area (Å²) in [7, 11) is 1.82. The maximum atomic E-state index is 13.3. The molecule has 2 amide bonds. The van der Waals surface area contributed by atoms with E-state index in [2.05, 4.69) is 4.90 Å². The summed E-state index contributed by atoms with van der Waals surface area (Å²) >= 11 is 0. The van der Waals surface area contributed by atoms with Crippen LogP contribution in [0.3, 0.4) is 0 Å². The van der Waals surface area contributed by atoms with Crippen LogP contribution in [0.4, 0.5) is 11.4 Å². The number of benzene rings is 2. The molecular weight excluding hydrogens is 388 g/mol. The molecule has 0 radical (unpaired) electrons. The molecule has 6 nitrogen and oxygen atoms in total. The van der Waals surface area contributed by atoms with Gasteiger partial charge >= 0.3 is 0 Å². The second-order valence-corrected chi connectivity index (χ2v) is 8.72. The van der Waals surface area contributed by atoms with E-state index in [9.17, 15) is 9.59 Å². The van der Waals surface area contributed by atoms with Crippen LogP contribution in [0.15, 0.2) is 48.5 Å². The molecule has 6 heteroatoms. The molecule has 1 heterocycles. The Balaban J connectivity index is 1.45. The standard InChI is InChI=1S/C25H32N4O2/c1-27(18-19-7-3-2-4-8-19)25(31)22-17-21(26)11-12-23(22)28-13-15-29(16-14-28)24(30)20-9-5-6-10-20/h2-4,7-8,11-12,17,20H,5-6,9-10,13-16,18,26H2,1H3.